The van der Waals surface area contributed by atoms with Gasteiger partial charge < -0.3 is 9.90 Å². The first-order chi connectivity index (χ1) is 3.68. The minimum absolute atomic E-state index is 0. The maximum absolute atomic E-state index is 9.93. The van der Waals surface area contributed by atoms with E-state index in [-0.39, 0.29) is 29.6 Å². The molecule has 0 saturated heterocycles. The summed E-state index contributed by atoms with van der Waals surface area (Å²) in [4.78, 5) is 9.47. The summed E-state index contributed by atoms with van der Waals surface area (Å²) >= 11 is 2.94. The topological polar surface area (TPSA) is 40.1 Å². The Balaban J connectivity index is 0. The quantitative estimate of drug-likeness (QED) is 0.370. The maximum atomic E-state index is 9.93. The van der Waals surface area contributed by atoms with E-state index in [0.717, 1.165) is 6.42 Å². The van der Waals surface area contributed by atoms with Gasteiger partial charge in [-0.25, -0.2) is 0 Å². The van der Waals surface area contributed by atoms with Crippen molar-refractivity contribution in [1.29, 1.82) is 0 Å². The van der Waals surface area contributed by atoms with E-state index >= 15 is 0 Å². The number of halogens is 1. The van der Waals surface area contributed by atoms with Crippen LogP contribution in [0.1, 0.15) is 19.8 Å². The minimum atomic E-state index is -1.02. The smallest absolute Gasteiger partial charge is 0.549 e. The average Bonchev–Trinajstić information content (AvgIpc) is 1.67. The molecule has 0 saturated carbocycles. The van der Waals surface area contributed by atoms with Gasteiger partial charge >= 0.3 is 29.6 Å². The summed E-state index contributed by atoms with van der Waals surface area (Å²) in [7, 11) is 0. The first-order valence-electron chi connectivity index (χ1n) is 2.53. The van der Waals surface area contributed by atoms with Gasteiger partial charge in [0, 0.05) is 0 Å². The zero-order valence-corrected chi connectivity index (χ0v) is 9.27. The molecule has 0 unspecified atom stereocenters. The summed E-state index contributed by atoms with van der Waals surface area (Å²) in [5.74, 6) is -1.02. The van der Waals surface area contributed by atoms with Crippen LogP contribution >= 0.6 is 15.9 Å². The van der Waals surface area contributed by atoms with Gasteiger partial charge in [0.1, 0.15) is 0 Å². The number of carboxylic acid groups (broad SMARTS) is 1. The van der Waals surface area contributed by atoms with E-state index in [1.54, 1.807) is 0 Å². The molecule has 0 heterocycles. The van der Waals surface area contributed by atoms with Gasteiger partial charge in [-0.15, -0.1) is 0 Å². The number of alkyl halides is 1. The number of hydrogen-bond donors (Lipinski definition) is 0. The molecule has 0 aromatic heterocycles. The fourth-order valence-electron chi connectivity index (χ4n) is 0.371. The number of aliphatic carboxylic acids is 1. The third-order valence-corrected chi connectivity index (χ3v) is 1.63. The first kappa shape index (κ1) is 12.6. The summed E-state index contributed by atoms with van der Waals surface area (Å²) in [6, 6.07) is 0. The van der Waals surface area contributed by atoms with Crippen LogP contribution in [0.3, 0.4) is 0 Å². The fraction of sp³-hybridized carbons (Fsp3) is 0.800. The zero-order chi connectivity index (χ0) is 6.57. The normalized spacial score (nSPS) is 11.8. The largest absolute Gasteiger partial charge is 1.00 e. The van der Waals surface area contributed by atoms with Crippen LogP contribution in [0.4, 0.5) is 0 Å². The van der Waals surface area contributed by atoms with E-state index in [1.807, 2.05) is 6.92 Å². The van der Waals surface area contributed by atoms with Crippen molar-refractivity contribution in [3.8, 4) is 0 Å². The molecular weight excluding hydrogens is 195 g/mol. The Morgan fingerprint density at radius 2 is 2.22 bits per heavy atom. The Bertz CT molecular complexity index is 87.0. The second-order valence-electron chi connectivity index (χ2n) is 1.58. The predicted octanol–water partition coefficient (Wildman–Crippen LogP) is -2.70. The average molecular weight is 203 g/mol. The van der Waals surface area contributed by atoms with E-state index in [0.29, 0.717) is 6.42 Å². The van der Waals surface area contributed by atoms with Crippen molar-refractivity contribution in [3.63, 3.8) is 0 Å². The number of carboxylic acids is 1. The van der Waals surface area contributed by atoms with Gasteiger partial charge in [0.25, 0.3) is 0 Å². The molecule has 0 bridgehead atoms. The Morgan fingerprint density at radius 3 is 2.33 bits per heavy atom. The van der Waals surface area contributed by atoms with Crippen LogP contribution in [0.15, 0.2) is 0 Å². The molecule has 0 aliphatic rings. The van der Waals surface area contributed by atoms with E-state index in [4.69, 9.17) is 0 Å². The molecule has 0 aromatic carbocycles. The Morgan fingerprint density at radius 1 is 1.78 bits per heavy atom. The van der Waals surface area contributed by atoms with Crippen LogP contribution < -0.4 is 34.7 Å². The molecule has 0 aliphatic heterocycles. The van der Waals surface area contributed by atoms with Crippen LogP contribution in [-0.2, 0) is 4.79 Å². The molecule has 0 aliphatic carbocycles. The summed E-state index contributed by atoms with van der Waals surface area (Å²) in [6.45, 7) is 1.93. The minimum Gasteiger partial charge on any atom is -0.549 e. The van der Waals surface area contributed by atoms with Crippen LogP contribution in [-0.4, -0.2) is 10.8 Å². The van der Waals surface area contributed by atoms with E-state index in [2.05, 4.69) is 15.9 Å². The molecular formula is C5H8BrNaO2. The van der Waals surface area contributed by atoms with Gasteiger partial charge in [0.05, 0.1) is 10.8 Å². The van der Waals surface area contributed by atoms with E-state index < -0.39 is 10.8 Å². The number of carbonyl (C=O) groups excluding carboxylic acids is 1. The fourth-order valence-corrected chi connectivity index (χ4v) is 0.829. The maximum Gasteiger partial charge on any atom is 1.00 e. The van der Waals surface area contributed by atoms with E-state index in [1.165, 1.54) is 0 Å². The summed E-state index contributed by atoms with van der Waals surface area (Å²) in [5, 5.41) is 9.93. The number of carbonyl (C=O) groups is 1. The van der Waals surface area contributed by atoms with Crippen LogP contribution in [0.25, 0.3) is 0 Å². The van der Waals surface area contributed by atoms with Gasteiger partial charge in [-0.3, -0.25) is 0 Å². The van der Waals surface area contributed by atoms with Crippen LogP contribution in [0.5, 0.6) is 0 Å². The number of rotatable bonds is 3. The van der Waals surface area contributed by atoms with Gasteiger partial charge in [-0.05, 0) is 6.42 Å². The standard InChI is InChI=1S/C5H9BrO2.Na/c1-2-3-4(6)5(7)8;/h4H,2-3H2,1H3,(H,7,8);/q;+1/p-1/t4-;/m0./s1. The summed E-state index contributed by atoms with van der Waals surface area (Å²) in [5.41, 5.74) is 0. The third kappa shape index (κ3) is 6.84. The molecule has 4 heteroatoms. The monoisotopic (exact) mass is 202 g/mol. The Kier molecular flexibility index (Phi) is 9.89. The molecule has 1 atom stereocenters. The van der Waals surface area contributed by atoms with Crippen LogP contribution in [0, 0.1) is 0 Å². The molecule has 9 heavy (non-hydrogen) atoms. The van der Waals surface area contributed by atoms with Gasteiger partial charge in [-0.1, -0.05) is 29.3 Å². The van der Waals surface area contributed by atoms with Crippen molar-refractivity contribution in [1.82, 2.24) is 0 Å². The third-order valence-electron chi connectivity index (χ3n) is 0.798. The Hall–Kier alpha value is 0.950. The van der Waals surface area contributed by atoms with Gasteiger partial charge in [0.15, 0.2) is 0 Å². The van der Waals surface area contributed by atoms with Crippen molar-refractivity contribution >= 4 is 21.9 Å². The summed E-state index contributed by atoms with van der Waals surface area (Å²) in [6.07, 6.45) is 1.51. The van der Waals surface area contributed by atoms with Gasteiger partial charge in [0.2, 0.25) is 0 Å². The molecule has 0 aromatic rings. The zero-order valence-electron chi connectivity index (χ0n) is 5.69. The van der Waals surface area contributed by atoms with Crippen molar-refractivity contribution in [2.45, 2.75) is 24.6 Å². The van der Waals surface area contributed by atoms with Crippen molar-refractivity contribution in [2.75, 3.05) is 0 Å². The SMILES string of the molecule is CCC[C@H](Br)C(=O)[O-].[Na+]. The molecule has 0 radical (unpaired) electrons. The van der Waals surface area contributed by atoms with E-state index in [9.17, 15) is 9.90 Å². The second-order valence-corrected chi connectivity index (χ2v) is 2.68. The Labute approximate surface area is 85.4 Å². The summed E-state index contributed by atoms with van der Waals surface area (Å²) < 4.78 is 0. The van der Waals surface area contributed by atoms with Crippen molar-refractivity contribution < 1.29 is 39.5 Å². The number of hydrogen-bond acceptors (Lipinski definition) is 2. The second kappa shape index (κ2) is 7.06. The van der Waals surface area contributed by atoms with Crippen molar-refractivity contribution in [2.24, 2.45) is 0 Å². The molecule has 2 nitrogen and oxygen atoms in total. The molecule has 0 rings (SSSR count). The van der Waals surface area contributed by atoms with Crippen molar-refractivity contribution in [3.05, 3.63) is 0 Å². The molecule has 0 spiro atoms. The molecule has 48 valence electrons. The van der Waals surface area contributed by atoms with Gasteiger partial charge in [-0.2, -0.15) is 0 Å². The molecule has 0 N–H and O–H groups in total. The predicted molar refractivity (Wildman–Crippen MR) is 32.6 cm³/mol. The molecule has 0 amide bonds. The van der Waals surface area contributed by atoms with Crippen LogP contribution in [0.2, 0.25) is 0 Å². The molecule has 0 fully saturated rings. The first-order valence-corrected chi connectivity index (χ1v) is 3.45.